The number of nitrogens with one attached hydrogen (secondary N) is 3. The second-order valence-corrected chi connectivity index (χ2v) is 16.9. The molecule has 310 valence electrons. The zero-order valence-corrected chi connectivity index (χ0v) is 34.5. The van der Waals surface area contributed by atoms with Crippen LogP contribution in [0, 0.1) is 25.2 Å². The first kappa shape index (κ1) is 39.8. The molecule has 1 unspecified atom stereocenters. The number of aromatic hydroxyl groups is 1. The van der Waals surface area contributed by atoms with Gasteiger partial charge in [-0.05, 0) is 77.3 Å². The lowest BCUT2D eigenvalue weighted by Crippen LogP contribution is -2.69. The van der Waals surface area contributed by atoms with Crippen molar-refractivity contribution in [2.24, 2.45) is 0 Å². The van der Waals surface area contributed by atoms with Gasteiger partial charge in [-0.2, -0.15) is 5.26 Å². The fourth-order valence-electron chi connectivity index (χ4n) is 9.81. The SMILES string of the molecule is COc1c(C)cc2c(c1O)[C@@H]1C3Cc4c(OC(C)=O)c(C)c5c(c4[C@H](CNC(=O)[C@@H](Cc4c[nH]c6ccccc46)NC(=O)OC(C)(C)C)N3[C@@H](C#N)[C@H](C2)N1C)OCO5. The van der Waals surface area contributed by atoms with Crippen molar-refractivity contribution in [3.63, 3.8) is 0 Å². The summed E-state index contributed by atoms with van der Waals surface area (Å²) in [6, 6.07) is 8.70. The number of hydrogen-bond donors (Lipinski definition) is 4. The van der Waals surface area contributed by atoms with Gasteiger partial charge in [-0.15, -0.1) is 0 Å². The number of nitriles is 1. The van der Waals surface area contributed by atoms with Gasteiger partial charge in [-0.1, -0.05) is 24.3 Å². The lowest BCUT2D eigenvalue weighted by molar-refractivity contribution is -0.132. The number of phenolic OH excluding ortho intramolecular Hbond substituents is 1. The fourth-order valence-corrected chi connectivity index (χ4v) is 9.81. The molecule has 1 saturated heterocycles. The molecule has 59 heavy (non-hydrogen) atoms. The maximum absolute atomic E-state index is 14.6. The van der Waals surface area contributed by atoms with Crippen molar-refractivity contribution < 1.29 is 43.2 Å². The van der Waals surface area contributed by atoms with E-state index in [9.17, 15) is 24.8 Å². The van der Waals surface area contributed by atoms with E-state index < -0.39 is 53.8 Å². The van der Waals surface area contributed by atoms with E-state index in [0.717, 1.165) is 27.6 Å². The molecule has 1 aromatic heterocycles. The molecule has 2 amide bonds. The van der Waals surface area contributed by atoms with Gasteiger partial charge in [0.2, 0.25) is 12.7 Å². The Kier molecular flexibility index (Phi) is 10.1. The average Bonchev–Trinajstić information content (AvgIpc) is 3.83. The zero-order valence-electron chi connectivity index (χ0n) is 34.5. The largest absolute Gasteiger partial charge is 0.504 e. The molecule has 0 radical (unpaired) electrons. The monoisotopic (exact) mass is 806 g/mol. The lowest BCUT2D eigenvalue weighted by atomic mass is 9.71. The number of para-hydroxylation sites is 1. The molecular formula is C44H50N6O9. The first-order valence-corrected chi connectivity index (χ1v) is 19.9. The van der Waals surface area contributed by atoms with Crippen molar-refractivity contribution in [2.45, 2.75) is 103 Å². The molecule has 0 aliphatic carbocycles. The molecule has 5 heterocycles. The van der Waals surface area contributed by atoms with E-state index in [1.54, 1.807) is 20.8 Å². The second-order valence-electron chi connectivity index (χ2n) is 16.9. The summed E-state index contributed by atoms with van der Waals surface area (Å²) in [5.41, 5.74) is 5.23. The molecule has 4 aromatic rings. The number of methoxy groups -OCH3 is 1. The number of rotatable bonds is 8. The van der Waals surface area contributed by atoms with Crippen LogP contribution in [0.4, 0.5) is 4.79 Å². The minimum atomic E-state index is -1.05. The number of hydrogen-bond acceptors (Lipinski definition) is 12. The standard InChI is InChI=1S/C44H50N6O9/c1-21-13-24-15-30-32(17-45)50-31(36(49(30)7)34(24)37(52)38(21)55-8)16-27-35(41-40(56-20-57-41)22(2)39(27)58-23(3)51)33(50)19-47-42(53)29(48-43(54)59-44(4,5)6)14-25-18-46-28-12-10-9-11-26(25)28/h9-13,18,29-33,36,46,52H,14-16,19-20H2,1-8H3,(H,47,53)(H,48,54)/t29-,30+,31?,32+,33+,36+/m1/s1. The number of phenols is 1. The highest BCUT2D eigenvalue weighted by Crippen LogP contribution is 2.58. The summed E-state index contributed by atoms with van der Waals surface area (Å²) in [7, 11) is 3.49. The molecule has 6 atom stereocenters. The number of esters is 1. The van der Waals surface area contributed by atoms with Gasteiger partial charge < -0.3 is 44.4 Å². The van der Waals surface area contributed by atoms with Crippen LogP contribution in [0.2, 0.25) is 0 Å². The van der Waals surface area contributed by atoms with Crippen molar-refractivity contribution in [1.82, 2.24) is 25.4 Å². The van der Waals surface area contributed by atoms with Crippen LogP contribution >= 0.6 is 0 Å². The summed E-state index contributed by atoms with van der Waals surface area (Å²) in [4.78, 5) is 48.1. The van der Waals surface area contributed by atoms with E-state index in [-0.39, 0.29) is 31.5 Å². The number of ether oxygens (including phenoxy) is 5. The second kappa shape index (κ2) is 15.0. The van der Waals surface area contributed by atoms with Crippen LogP contribution in [0.25, 0.3) is 10.9 Å². The van der Waals surface area contributed by atoms with Crippen molar-refractivity contribution in [3.05, 3.63) is 75.5 Å². The van der Waals surface area contributed by atoms with Gasteiger partial charge in [-0.25, -0.2) is 4.79 Å². The van der Waals surface area contributed by atoms with E-state index >= 15 is 0 Å². The van der Waals surface area contributed by atoms with Gasteiger partial charge >= 0.3 is 12.1 Å². The van der Waals surface area contributed by atoms with Crippen LogP contribution in [0.3, 0.4) is 0 Å². The van der Waals surface area contributed by atoms with Gasteiger partial charge in [0.1, 0.15) is 23.4 Å². The summed E-state index contributed by atoms with van der Waals surface area (Å²) < 4.78 is 29.4. The molecule has 4 aliphatic rings. The predicted octanol–water partition coefficient (Wildman–Crippen LogP) is 5.18. The molecular weight excluding hydrogens is 757 g/mol. The number of alkyl carbamates (subject to hydrolysis) is 1. The summed E-state index contributed by atoms with van der Waals surface area (Å²) in [6.07, 6.45) is 2.01. The molecule has 15 nitrogen and oxygen atoms in total. The number of aryl methyl sites for hydroxylation is 1. The quantitative estimate of drug-likeness (QED) is 0.135. The summed E-state index contributed by atoms with van der Waals surface area (Å²) in [5, 5.41) is 29.8. The normalized spacial score (nSPS) is 22.3. The third kappa shape index (κ3) is 6.83. The average molecular weight is 807 g/mol. The van der Waals surface area contributed by atoms with Crippen LogP contribution < -0.4 is 29.6 Å². The number of nitrogens with zero attached hydrogens (tertiary/aromatic N) is 3. The summed E-state index contributed by atoms with van der Waals surface area (Å²) >= 11 is 0. The van der Waals surface area contributed by atoms with Gasteiger partial charge in [-0.3, -0.25) is 19.4 Å². The number of fused-ring (bicyclic) bond motifs is 10. The molecule has 4 N–H and O–H groups in total. The van der Waals surface area contributed by atoms with Gasteiger partial charge in [0.15, 0.2) is 23.0 Å². The third-order valence-electron chi connectivity index (χ3n) is 12.1. The lowest BCUT2D eigenvalue weighted by Gasteiger charge is -2.60. The Bertz CT molecular complexity index is 2410. The highest BCUT2D eigenvalue weighted by molar-refractivity contribution is 5.88. The molecule has 1 fully saturated rings. The van der Waals surface area contributed by atoms with E-state index in [1.165, 1.54) is 14.0 Å². The van der Waals surface area contributed by atoms with Crippen molar-refractivity contribution >= 4 is 28.9 Å². The third-order valence-corrected chi connectivity index (χ3v) is 12.1. The minimum absolute atomic E-state index is 0.0293. The Morgan fingerprint density at radius 1 is 1.08 bits per heavy atom. The van der Waals surface area contributed by atoms with Gasteiger partial charge in [0.05, 0.1) is 25.3 Å². The van der Waals surface area contributed by atoms with E-state index in [2.05, 4.69) is 31.5 Å². The molecule has 0 spiro atoms. The number of piperazine rings is 1. The molecule has 8 rings (SSSR count). The number of carbonyl (C=O) groups is 3. The number of H-pyrrole nitrogens is 1. The van der Waals surface area contributed by atoms with Gasteiger partial charge in [0.25, 0.3) is 0 Å². The summed E-state index contributed by atoms with van der Waals surface area (Å²) in [5.74, 6) is 0.626. The molecule has 2 bridgehead atoms. The van der Waals surface area contributed by atoms with E-state index in [4.69, 9.17) is 23.7 Å². The van der Waals surface area contributed by atoms with E-state index in [0.29, 0.717) is 58.1 Å². The van der Waals surface area contributed by atoms with Crippen LogP contribution in [0.1, 0.15) is 78.7 Å². The zero-order chi connectivity index (χ0) is 42.1. The van der Waals surface area contributed by atoms with Crippen molar-refractivity contribution in [2.75, 3.05) is 27.5 Å². The Morgan fingerprint density at radius 2 is 1.83 bits per heavy atom. The fraction of sp³-hybridized carbons (Fsp3) is 0.455. The maximum Gasteiger partial charge on any atom is 0.408 e. The highest BCUT2D eigenvalue weighted by Gasteiger charge is 2.57. The molecule has 0 saturated carbocycles. The van der Waals surface area contributed by atoms with Crippen LogP contribution in [-0.4, -0.2) is 95.1 Å². The van der Waals surface area contributed by atoms with Crippen LogP contribution in [-0.2, 0) is 33.6 Å². The van der Waals surface area contributed by atoms with Crippen molar-refractivity contribution in [3.8, 4) is 34.8 Å². The van der Waals surface area contributed by atoms with E-state index in [1.807, 2.05) is 57.4 Å². The number of benzene rings is 3. The summed E-state index contributed by atoms with van der Waals surface area (Å²) in [6.45, 7) is 10.2. The topological polar surface area (TPSA) is 188 Å². The Labute approximate surface area is 342 Å². The van der Waals surface area contributed by atoms with Crippen molar-refractivity contribution in [1.29, 1.82) is 5.26 Å². The number of aromatic nitrogens is 1. The Balaban J connectivity index is 1.24. The number of carbonyl (C=O) groups excluding carboxylic acids is 3. The molecule has 3 aromatic carbocycles. The Hall–Kier alpha value is -5.98. The smallest absolute Gasteiger partial charge is 0.408 e. The van der Waals surface area contributed by atoms with Crippen LogP contribution in [0.15, 0.2) is 36.5 Å². The first-order valence-electron chi connectivity index (χ1n) is 19.9. The van der Waals surface area contributed by atoms with Crippen LogP contribution in [0.5, 0.6) is 28.7 Å². The number of aromatic amines is 1. The minimum Gasteiger partial charge on any atom is -0.504 e. The number of amides is 2. The molecule has 15 heteroatoms. The number of likely N-dealkylation sites (N-methyl/N-ethyl adjacent to an activating group) is 1. The molecule has 4 aliphatic heterocycles. The predicted molar refractivity (Wildman–Crippen MR) is 216 cm³/mol. The highest BCUT2D eigenvalue weighted by atomic mass is 16.7. The van der Waals surface area contributed by atoms with Gasteiger partial charge in [0, 0.05) is 71.3 Å². The Morgan fingerprint density at radius 3 is 2.54 bits per heavy atom. The maximum atomic E-state index is 14.6. The first-order chi connectivity index (χ1) is 28.1.